The van der Waals surface area contributed by atoms with Gasteiger partial charge in [0.15, 0.2) is 0 Å². The number of hydrogen-bond donors (Lipinski definition) is 1. The summed E-state index contributed by atoms with van der Waals surface area (Å²) in [5.74, 6) is -0.132. The summed E-state index contributed by atoms with van der Waals surface area (Å²) in [6.45, 7) is 2.26. The molecule has 1 aliphatic rings. The summed E-state index contributed by atoms with van der Waals surface area (Å²) < 4.78 is 25.8. The summed E-state index contributed by atoms with van der Waals surface area (Å²) >= 11 is 6.46. The number of halogens is 1. The molecule has 0 saturated carbocycles. The number of amides is 1. The van der Waals surface area contributed by atoms with Gasteiger partial charge in [0.1, 0.15) is 0 Å². The van der Waals surface area contributed by atoms with Crippen LogP contribution in [0.3, 0.4) is 0 Å². The van der Waals surface area contributed by atoms with Crippen LogP contribution in [0.1, 0.15) is 22.3 Å². The lowest BCUT2D eigenvalue weighted by atomic mass is 10.1. The Kier molecular flexibility index (Phi) is 5.75. The number of aromatic nitrogens is 1. The van der Waals surface area contributed by atoms with Gasteiger partial charge in [-0.15, -0.1) is 0 Å². The van der Waals surface area contributed by atoms with E-state index in [0.717, 1.165) is 16.5 Å². The first-order valence-electron chi connectivity index (χ1n) is 10.9. The highest BCUT2D eigenvalue weighted by molar-refractivity contribution is 7.93. The Morgan fingerprint density at radius 2 is 1.85 bits per heavy atom. The molecule has 1 saturated heterocycles. The third-order valence-corrected chi connectivity index (χ3v) is 8.14. The minimum Gasteiger partial charge on any atom is -0.322 e. The van der Waals surface area contributed by atoms with Crippen molar-refractivity contribution in [1.29, 1.82) is 0 Å². The minimum atomic E-state index is -3.27. The Labute approximate surface area is 203 Å². The maximum atomic E-state index is 13.0. The number of carbonyl (C=O) groups is 1. The first kappa shape index (κ1) is 22.4. The van der Waals surface area contributed by atoms with Crippen LogP contribution in [0.4, 0.5) is 11.4 Å². The van der Waals surface area contributed by atoms with E-state index in [0.29, 0.717) is 46.2 Å². The molecule has 1 fully saturated rings. The van der Waals surface area contributed by atoms with Crippen molar-refractivity contribution in [2.45, 2.75) is 13.3 Å². The highest BCUT2D eigenvalue weighted by Gasteiger charge is 2.28. The van der Waals surface area contributed by atoms with Crippen molar-refractivity contribution < 1.29 is 13.2 Å². The molecular formula is C26H22ClN3O3S. The molecule has 1 amide bonds. The highest BCUT2D eigenvalue weighted by atomic mass is 35.5. The van der Waals surface area contributed by atoms with Gasteiger partial charge in [-0.05, 0) is 67.4 Å². The predicted molar refractivity (Wildman–Crippen MR) is 137 cm³/mol. The number of fused-ring (bicyclic) bond motifs is 1. The van der Waals surface area contributed by atoms with Gasteiger partial charge in [0.25, 0.3) is 5.91 Å². The average Bonchev–Trinajstić information content (AvgIpc) is 3.18. The van der Waals surface area contributed by atoms with Crippen LogP contribution < -0.4 is 9.62 Å². The lowest BCUT2D eigenvalue weighted by Crippen LogP contribution is -2.25. The molecule has 2 heterocycles. The number of carbonyl (C=O) groups excluding carboxylic acids is 1. The molecule has 0 aliphatic carbocycles. The molecule has 1 aliphatic heterocycles. The van der Waals surface area contributed by atoms with Crippen molar-refractivity contribution in [2.75, 3.05) is 21.9 Å². The van der Waals surface area contributed by atoms with Gasteiger partial charge in [-0.1, -0.05) is 35.9 Å². The Balaban J connectivity index is 1.41. The fourth-order valence-electron chi connectivity index (χ4n) is 4.20. The molecule has 0 radical (unpaired) electrons. The largest absolute Gasteiger partial charge is 0.322 e. The molecule has 3 aromatic carbocycles. The molecule has 5 rings (SSSR count). The van der Waals surface area contributed by atoms with E-state index >= 15 is 0 Å². The fourth-order valence-corrected chi connectivity index (χ4v) is 5.97. The first-order valence-corrected chi connectivity index (χ1v) is 12.9. The third-order valence-electron chi connectivity index (χ3n) is 5.94. The van der Waals surface area contributed by atoms with Gasteiger partial charge in [0.2, 0.25) is 10.0 Å². The highest BCUT2D eigenvalue weighted by Crippen LogP contribution is 2.31. The zero-order valence-corrected chi connectivity index (χ0v) is 20.0. The van der Waals surface area contributed by atoms with Crippen molar-refractivity contribution in [3.63, 3.8) is 0 Å². The average molecular weight is 492 g/mol. The quantitative estimate of drug-likeness (QED) is 0.399. The summed E-state index contributed by atoms with van der Waals surface area (Å²) in [4.78, 5) is 17.7. The normalized spacial score (nSPS) is 14.9. The summed E-state index contributed by atoms with van der Waals surface area (Å²) in [6.07, 6.45) is 0.606. The van der Waals surface area contributed by atoms with E-state index in [1.165, 1.54) is 4.31 Å². The Bertz CT molecular complexity index is 1540. The van der Waals surface area contributed by atoms with E-state index in [2.05, 4.69) is 5.32 Å². The Hall–Kier alpha value is -3.42. The molecule has 34 heavy (non-hydrogen) atoms. The predicted octanol–water partition coefficient (Wildman–Crippen LogP) is 5.66. The van der Waals surface area contributed by atoms with Crippen molar-refractivity contribution in [2.24, 2.45) is 0 Å². The number of benzene rings is 3. The smallest absolute Gasteiger partial charge is 0.255 e. The van der Waals surface area contributed by atoms with Gasteiger partial charge in [-0.2, -0.15) is 0 Å². The standard InChI is InChI=1S/C26H22ClN3O3S/c1-17-15-20(30-13-4-14-34(30,32)33)9-10-21(17)26(31)28-19-8-11-23(27)22(16-19)25-12-7-18-5-2-3-6-24(18)29-25/h2-3,5-12,15-16H,4,13-14H2,1H3,(H,28,31). The SMILES string of the molecule is Cc1cc(N2CCCS2(=O)=O)ccc1C(=O)Nc1ccc(Cl)c(-c2ccc3ccccc3n2)c1. The number of anilines is 2. The monoisotopic (exact) mass is 491 g/mol. The van der Waals surface area contributed by atoms with Crippen LogP contribution >= 0.6 is 11.6 Å². The minimum absolute atomic E-state index is 0.152. The first-order chi connectivity index (χ1) is 16.3. The number of sulfonamides is 1. The van der Waals surface area contributed by atoms with Crippen LogP contribution in [0.25, 0.3) is 22.2 Å². The van der Waals surface area contributed by atoms with E-state index in [-0.39, 0.29) is 11.7 Å². The molecule has 0 spiro atoms. The second kappa shape index (κ2) is 8.74. The van der Waals surface area contributed by atoms with Crippen molar-refractivity contribution >= 4 is 49.8 Å². The third kappa shape index (κ3) is 4.24. The molecule has 8 heteroatoms. The molecule has 172 valence electrons. The lowest BCUT2D eigenvalue weighted by molar-refractivity contribution is 0.102. The number of nitrogens with zero attached hydrogens (tertiary/aromatic N) is 2. The van der Waals surface area contributed by atoms with Crippen LogP contribution in [0.15, 0.2) is 72.8 Å². The van der Waals surface area contributed by atoms with Gasteiger partial charge in [-0.3, -0.25) is 9.10 Å². The fraction of sp³-hybridized carbons (Fsp3) is 0.154. The van der Waals surface area contributed by atoms with Gasteiger partial charge in [-0.25, -0.2) is 13.4 Å². The van der Waals surface area contributed by atoms with Gasteiger partial charge < -0.3 is 5.32 Å². The molecule has 1 aromatic heterocycles. The lowest BCUT2D eigenvalue weighted by Gasteiger charge is -2.18. The topological polar surface area (TPSA) is 79.4 Å². The van der Waals surface area contributed by atoms with E-state index < -0.39 is 10.0 Å². The molecule has 0 unspecified atom stereocenters. The second-order valence-corrected chi connectivity index (χ2v) is 10.7. The number of hydrogen-bond acceptors (Lipinski definition) is 4. The summed E-state index contributed by atoms with van der Waals surface area (Å²) in [7, 11) is -3.27. The molecular weight excluding hydrogens is 470 g/mol. The van der Waals surface area contributed by atoms with E-state index in [4.69, 9.17) is 16.6 Å². The zero-order valence-electron chi connectivity index (χ0n) is 18.5. The number of rotatable bonds is 4. The van der Waals surface area contributed by atoms with Crippen molar-refractivity contribution in [3.05, 3.63) is 88.9 Å². The maximum Gasteiger partial charge on any atom is 0.255 e. The van der Waals surface area contributed by atoms with Gasteiger partial charge >= 0.3 is 0 Å². The van der Waals surface area contributed by atoms with Crippen LogP contribution in [-0.4, -0.2) is 31.6 Å². The van der Waals surface area contributed by atoms with Crippen LogP contribution in [0.2, 0.25) is 5.02 Å². The second-order valence-electron chi connectivity index (χ2n) is 8.28. The number of aryl methyl sites for hydroxylation is 1. The number of nitrogens with one attached hydrogen (secondary N) is 1. The summed E-state index contributed by atoms with van der Waals surface area (Å²) in [6, 6.07) is 22.1. The van der Waals surface area contributed by atoms with E-state index in [1.54, 1.807) is 43.3 Å². The van der Waals surface area contributed by atoms with Crippen LogP contribution in [0.5, 0.6) is 0 Å². The number of para-hydroxylation sites is 1. The van der Waals surface area contributed by atoms with Crippen LogP contribution in [-0.2, 0) is 10.0 Å². The summed E-state index contributed by atoms with van der Waals surface area (Å²) in [5.41, 5.74) is 4.64. The van der Waals surface area contributed by atoms with E-state index in [1.807, 2.05) is 36.4 Å². The molecule has 6 nitrogen and oxygen atoms in total. The molecule has 4 aromatic rings. The van der Waals surface area contributed by atoms with E-state index in [9.17, 15) is 13.2 Å². The Morgan fingerprint density at radius 1 is 1.03 bits per heavy atom. The van der Waals surface area contributed by atoms with Crippen molar-refractivity contribution in [1.82, 2.24) is 4.98 Å². The van der Waals surface area contributed by atoms with Gasteiger partial charge in [0, 0.05) is 28.7 Å². The van der Waals surface area contributed by atoms with Crippen LogP contribution in [0, 0.1) is 6.92 Å². The zero-order chi connectivity index (χ0) is 23.9. The molecule has 0 atom stereocenters. The molecule has 1 N–H and O–H groups in total. The van der Waals surface area contributed by atoms with Gasteiger partial charge in [0.05, 0.1) is 27.7 Å². The maximum absolute atomic E-state index is 13.0. The Morgan fingerprint density at radius 3 is 2.62 bits per heavy atom. The van der Waals surface area contributed by atoms with Crippen molar-refractivity contribution in [3.8, 4) is 11.3 Å². The number of pyridine rings is 1. The summed E-state index contributed by atoms with van der Waals surface area (Å²) in [5, 5.41) is 4.49. The molecule has 0 bridgehead atoms.